The van der Waals surface area contributed by atoms with Crippen molar-refractivity contribution in [1.82, 2.24) is 42.5 Å². The molecule has 393 valence electrons. The molecule has 1 radical (unpaired) electrons. The van der Waals surface area contributed by atoms with Crippen LogP contribution in [0.4, 0.5) is 0 Å². The van der Waals surface area contributed by atoms with Crippen LogP contribution in [0.5, 0.6) is 0 Å². The summed E-state index contributed by atoms with van der Waals surface area (Å²) in [5.41, 5.74) is 0. The molecule has 11 unspecified atom stereocenters. The van der Waals surface area contributed by atoms with E-state index in [4.69, 9.17) is 0 Å². The molecule has 9 fully saturated rings. The number of nitrogens with zero attached hydrogens (tertiary/aromatic N) is 1. The first-order valence-corrected chi connectivity index (χ1v) is 30.2. The van der Waals surface area contributed by atoms with E-state index in [-0.39, 0.29) is 17.1 Å². The minimum Gasteiger partial charge on any atom is -0.319 e. The quantitative estimate of drug-likeness (QED) is 0.0391. The van der Waals surface area contributed by atoms with Crippen LogP contribution < -0.4 is 42.5 Å². The van der Waals surface area contributed by atoms with E-state index >= 15 is 0 Å². The van der Waals surface area contributed by atoms with Crippen LogP contribution in [0.1, 0.15) is 241 Å². The van der Waals surface area contributed by atoms with Crippen molar-refractivity contribution in [3.05, 3.63) is 0 Å². The molecule has 0 aromatic heterocycles. The van der Waals surface area contributed by atoms with Gasteiger partial charge in [-0.25, -0.2) is 0 Å². The fraction of sp³-hybridized carbons (Fsp3) is 1.00. The molecule has 8 bridgehead atoms. The molecule has 10 heteroatoms. The number of fused-ring (bicyclic) bond motifs is 20. The monoisotopic (exact) mass is 984 g/mol. The summed E-state index contributed by atoms with van der Waals surface area (Å²) in [6, 6.07) is 2.40. The van der Waals surface area contributed by atoms with Crippen LogP contribution >= 0.6 is 0 Å². The largest absolute Gasteiger partial charge is 0.319 e. The van der Waals surface area contributed by atoms with Crippen LogP contribution in [-0.2, 0) is 17.1 Å². The van der Waals surface area contributed by atoms with Gasteiger partial charge in [-0.05, 0) is 158 Å². The molecule has 0 amide bonds. The molecule has 9 rings (SSSR count). The summed E-state index contributed by atoms with van der Waals surface area (Å²) in [5, 5.41) is 33.8. The summed E-state index contributed by atoms with van der Waals surface area (Å²) in [6.45, 7) is 14.6. The molecule has 9 nitrogen and oxygen atoms in total. The third-order valence-electron chi connectivity index (χ3n) is 21.1. The molecule has 0 spiro atoms. The minimum atomic E-state index is 0. The van der Waals surface area contributed by atoms with E-state index in [1.165, 1.54) is 204 Å². The zero-order chi connectivity index (χ0) is 46.0. The molecule has 4 aliphatic carbocycles. The molecule has 9 aliphatic rings. The molecule has 67 heavy (non-hydrogen) atoms. The Morgan fingerprint density at radius 1 is 0.313 bits per heavy atom. The van der Waals surface area contributed by atoms with Gasteiger partial charge in [-0.2, -0.15) is 0 Å². The molecule has 8 N–H and O–H groups in total. The smallest absolute Gasteiger partial charge is 0.0863 e. The van der Waals surface area contributed by atoms with Crippen molar-refractivity contribution in [2.45, 2.75) is 308 Å². The van der Waals surface area contributed by atoms with E-state index in [1.54, 1.807) is 0 Å². The van der Waals surface area contributed by atoms with Gasteiger partial charge in [0.25, 0.3) is 0 Å². The van der Waals surface area contributed by atoms with Crippen LogP contribution in [0, 0.1) is 47.3 Å². The van der Waals surface area contributed by atoms with Gasteiger partial charge < -0.3 is 4.48 Å². The van der Waals surface area contributed by atoms with Crippen LogP contribution in [0.15, 0.2) is 0 Å². The van der Waals surface area contributed by atoms with Gasteiger partial charge >= 0.3 is 0 Å². The number of nitrogens with one attached hydrogen (secondary N) is 8. The Hall–Kier alpha value is 0.159. The molecule has 0 aromatic carbocycles. The normalized spacial score (nSPS) is 41.2. The molecular formula is C57H110CuN9+. The Kier molecular flexibility index (Phi) is 22.1. The number of quaternary nitrogens is 1. The van der Waals surface area contributed by atoms with Crippen LogP contribution in [-0.4, -0.2) is 79.0 Å². The SMILES string of the molecule is C1CCC2C3NC(NC4NC(NC5NC(NC6NC(N3)C3CCCCC63)C3CCCCC53)C3CCCCC43)C2C1.CCCCCCC(C)[N+](C)(C(C)CCCCCC)C(C)CCCCCC.[Cu]. The predicted octanol–water partition coefficient (Wildman–Crippen LogP) is 11.1. The van der Waals surface area contributed by atoms with Crippen molar-refractivity contribution < 1.29 is 21.6 Å². The number of rotatable bonds is 18. The van der Waals surface area contributed by atoms with Gasteiger partial charge in [0.2, 0.25) is 0 Å². The molecule has 11 atom stereocenters. The standard InChI is InChI=1S/C32H56N8.C25H54N.Cu/c1-2-10-18-17(9-1)25-33-26(18)38-28-21-13-5-6-14-22(21)30(35-28)40-32-24-16-8-7-15-23(24)31(36-32)39-29-20-12-4-3-11-19(20)27(34-29)37-25;1-8-11-14-17-20-23(4)26(7,24(5)21-18-15-12-9-2)25(6)22-19-16-13-10-3;/h17-40H,1-16H2;23-25H,8-22H2,1-7H3;/q;+1;. The van der Waals surface area contributed by atoms with E-state index in [0.29, 0.717) is 49.3 Å². The Labute approximate surface area is 424 Å². The molecule has 5 heterocycles. The molecule has 5 aliphatic heterocycles. The second-order valence-corrected chi connectivity index (χ2v) is 24.9. The van der Waals surface area contributed by atoms with E-state index in [1.807, 2.05) is 0 Å². The van der Waals surface area contributed by atoms with E-state index in [9.17, 15) is 0 Å². The zero-order valence-corrected chi connectivity index (χ0v) is 45.6. The van der Waals surface area contributed by atoms with Gasteiger partial charge in [0.15, 0.2) is 0 Å². The average Bonchev–Trinajstić information content (AvgIpc) is 4.09. The Bertz CT molecular complexity index is 1150. The van der Waals surface area contributed by atoms with Crippen molar-refractivity contribution in [1.29, 1.82) is 0 Å². The summed E-state index contributed by atoms with van der Waals surface area (Å²) >= 11 is 0. The predicted molar refractivity (Wildman–Crippen MR) is 278 cm³/mol. The zero-order valence-electron chi connectivity index (χ0n) is 44.6. The van der Waals surface area contributed by atoms with E-state index in [2.05, 4.69) is 91.1 Å². The topological polar surface area (TPSA) is 96.2 Å². The van der Waals surface area contributed by atoms with Crippen LogP contribution in [0.25, 0.3) is 0 Å². The summed E-state index contributed by atoms with van der Waals surface area (Å²) in [6.07, 6.45) is 46.6. The van der Waals surface area contributed by atoms with Crippen molar-refractivity contribution in [2.24, 2.45) is 47.3 Å². The van der Waals surface area contributed by atoms with E-state index in [0.717, 1.165) is 65.5 Å². The maximum atomic E-state index is 4.26. The second-order valence-electron chi connectivity index (χ2n) is 24.9. The first-order chi connectivity index (χ1) is 32.2. The summed E-state index contributed by atoms with van der Waals surface area (Å²) in [4.78, 5) is 0. The van der Waals surface area contributed by atoms with E-state index < -0.39 is 0 Å². The molecule has 0 aromatic rings. The Balaban J connectivity index is 0.000000218. The number of hydrogen-bond donors (Lipinski definition) is 8. The minimum absolute atomic E-state index is 0. The van der Waals surface area contributed by atoms with Crippen molar-refractivity contribution in [3.63, 3.8) is 0 Å². The van der Waals surface area contributed by atoms with Gasteiger partial charge in [0.05, 0.1) is 74.5 Å². The van der Waals surface area contributed by atoms with Crippen molar-refractivity contribution >= 4 is 0 Å². The Morgan fingerprint density at radius 3 is 0.657 bits per heavy atom. The fourth-order valence-electron chi connectivity index (χ4n) is 16.7. The summed E-state index contributed by atoms with van der Waals surface area (Å²) in [7, 11) is 2.60. The van der Waals surface area contributed by atoms with Gasteiger partial charge in [-0.15, -0.1) is 0 Å². The van der Waals surface area contributed by atoms with Gasteiger partial charge in [-0.3, -0.25) is 42.5 Å². The fourth-order valence-corrected chi connectivity index (χ4v) is 16.7. The average molecular weight is 985 g/mol. The van der Waals surface area contributed by atoms with Gasteiger partial charge in [-0.1, -0.05) is 130 Å². The second kappa shape index (κ2) is 26.9. The third-order valence-corrected chi connectivity index (χ3v) is 21.1. The van der Waals surface area contributed by atoms with Crippen LogP contribution in [0.2, 0.25) is 0 Å². The van der Waals surface area contributed by atoms with Gasteiger partial charge in [0.1, 0.15) is 0 Å². The maximum absolute atomic E-state index is 4.26. The summed E-state index contributed by atoms with van der Waals surface area (Å²) < 4.78 is 1.31. The molecule has 5 saturated heterocycles. The third kappa shape index (κ3) is 13.1. The maximum Gasteiger partial charge on any atom is 0.0863 e. The van der Waals surface area contributed by atoms with Crippen molar-refractivity contribution in [3.8, 4) is 0 Å². The first kappa shape index (κ1) is 54.9. The summed E-state index contributed by atoms with van der Waals surface area (Å²) in [5.74, 6) is 5.97. The first-order valence-electron chi connectivity index (χ1n) is 30.2. The number of hydrogen-bond acceptors (Lipinski definition) is 8. The van der Waals surface area contributed by atoms with Crippen molar-refractivity contribution in [2.75, 3.05) is 7.05 Å². The molecule has 4 saturated carbocycles. The van der Waals surface area contributed by atoms with Gasteiger partial charge in [0, 0.05) is 17.1 Å². The molecular weight excluding hydrogens is 874 g/mol. The Morgan fingerprint density at radius 2 is 0.493 bits per heavy atom. The number of unbranched alkanes of at least 4 members (excludes halogenated alkanes) is 9. The van der Waals surface area contributed by atoms with Crippen LogP contribution in [0.3, 0.4) is 0 Å².